The quantitative estimate of drug-likeness (QED) is 0.414. The van der Waals surface area contributed by atoms with Crippen LogP contribution in [0.5, 0.6) is 5.75 Å². The minimum absolute atomic E-state index is 0.138. The maximum absolute atomic E-state index is 13.2. The molecule has 0 spiro atoms. The van der Waals surface area contributed by atoms with E-state index in [-0.39, 0.29) is 6.07 Å². The number of aromatic hydroxyl groups is 1. The van der Waals surface area contributed by atoms with Crippen LogP contribution in [0.25, 0.3) is 10.9 Å². The largest absolute Gasteiger partial charge is 0.501 e. The van der Waals surface area contributed by atoms with E-state index in [9.17, 15) is 46.4 Å². The van der Waals surface area contributed by atoms with Crippen molar-refractivity contribution in [3.05, 3.63) is 42.1 Å². The molecule has 2 N–H and O–H groups in total. The second kappa shape index (κ2) is 5.36. The molecule has 0 aliphatic heterocycles. The first-order valence-electron chi connectivity index (χ1n) is 5.67. The lowest BCUT2D eigenvalue weighted by Gasteiger charge is -2.18. The van der Waals surface area contributed by atoms with Gasteiger partial charge in [-0.05, 0) is 22.0 Å². The predicted octanol–water partition coefficient (Wildman–Crippen LogP) is 3.94. The second-order valence-corrected chi connectivity index (χ2v) is 5.23. The molecule has 2 aromatic rings. The van der Waals surface area contributed by atoms with Crippen LogP contribution in [0.3, 0.4) is 0 Å². The summed E-state index contributed by atoms with van der Waals surface area (Å²) in [6, 6.07) is 0.138. The monoisotopic (exact) mass is 420 g/mol. The number of pyridine rings is 1. The summed E-state index contributed by atoms with van der Waals surface area (Å²) in [6.07, 6.45) is -10.6. The summed E-state index contributed by atoms with van der Waals surface area (Å²) in [5, 5.41) is 19.1. The number of fused-ring (bicyclic) bond motifs is 1. The van der Waals surface area contributed by atoms with E-state index in [1.54, 1.807) is 4.98 Å². The average Bonchev–Trinajstić information content (AvgIpc) is 2.35. The Morgan fingerprint density at radius 1 is 1.17 bits per heavy atom. The van der Waals surface area contributed by atoms with Crippen LogP contribution in [0, 0.1) is 10.1 Å². The number of nitrogens with zero attached hydrogens (tertiary/aromatic N) is 1. The molecule has 0 atom stereocenters. The Kier molecular flexibility index (Phi) is 4.03. The van der Waals surface area contributed by atoms with Gasteiger partial charge in [0.1, 0.15) is 0 Å². The minimum atomic E-state index is -5.41. The SMILES string of the molecule is O=c1[nH]c2cc(C(F)(F)F)c(Br)c(C(F)(F)F)c2c(O)c1[N+](=O)[O-]. The molecule has 13 heteroatoms. The van der Waals surface area contributed by atoms with Crippen molar-refractivity contribution < 1.29 is 36.4 Å². The third-order valence-corrected chi connectivity index (χ3v) is 3.78. The second-order valence-electron chi connectivity index (χ2n) is 4.44. The molecule has 0 aliphatic carbocycles. The van der Waals surface area contributed by atoms with E-state index < -0.39 is 60.8 Å². The van der Waals surface area contributed by atoms with E-state index >= 15 is 0 Å². The Balaban J connectivity index is 3.17. The van der Waals surface area contributed by atoms with Crippen molar-refractivity contribution >= 4 is 32.5 Å². The number of alkyl halides is 6. The van der Waals surface area contributed by atoms with Gasteiger partial charge in [0.05, 0.1) is 27.0 Å². The first-order chi connectivity index (χ1) is 10.8. The summed E-state index contributed by atoms with van der Waals surface area (Å²) in [5.41, 5.74) is -8.07. The topological polar surface area (TPSA) is 96.2 Å². The molecule has 6 nitrogen and oxygen atoms in total. The maximum Gasteiger partial charge on any atom is 0.418 e. The molecule has 0 radical (unpaired) electrons. The van der Waals surface area contributed by atoms with Crippen LogP contribution >= 0.6 is 15.9 Å². The van der Waals surface area contributed by atoms with Crippen LogP contribution in [-0.2, 0) is 12.4 Å². The molecular formula is C11H3BrF6N2O4. The van der Waals surface area contributed by atoms with Gasteiger partial charge in [0.25, 0.3) is 0 Å². The number of halogens is 7. The smallest absolute Gasteiger partial charge is 0.418 e. The molecule has 1 heterocycles. The first-order valence-corrected chi connectivity index (χ1v) is 6.46. The van der Waals surface area contributed by atoms with Gasteiger partial charge in [-0.2, -0.15) is 26.3 Å². The molecule has 2 rings (SSSR count). The van der Waals surface area contributed by atoms with Crippen molar-refractivity contribution in [2.75, 3.05) is 0 Å². The van der Waals surface area contributed by atoms with E-state index in [4.69, 9.17) is 0 Å². The third-order valence-electron chi connectivity index (χ3n) is 2.96. The molecule has 0 saturated carbocycles. The van der Waals surface area contributed by atoms with Crippen LogP contribution in [0.2, 0.25) is 0 Å². The zero-order chi connectivity index (χ0) is 18.6. The summed E-state index contributed by atoms with van der Waals surface area (Å²) in [4.78, 5) is 22.3. The van der Waals surface area contributed by atoms with Crippen LogP contribution in [-0.4, -0.2) is 15.0 Å². The average molecular weight is 421 g/mol. The van der Waals surface area contributed by atoms with Crippen molar-refractivity contribution in [1.29, 1.82) is 0 Å². The number of aromatic amines is 1. The molecular weight excluding hydrogens is 418 g/mol. The zero-order valence-corrected chi connectivity index (χ0v) is 12.4. The summed E-state index contributed by atoms with van der Waals surface area (Å²) in [5.74, 6) is -1.68. The fourth-order valence-corrected chi connectivity index (χ4v) is 2.82. The highest BCUT2D eigenvalue weighted by Crippen LogP contribution is 2.48. The van der Waals surface area contributed by atoms with E-state index in [0.717, 1.165) is 0 Å². The molecule has 1 aromatic carbocycles. The van der Waals surface area contributed by atoms with Gasteiger partial charge in [-0.25, -0.2) is 0 Å². The fourth-order valence-electron chi connectivity index (χ4n) is 2.05. The highest BCUT2D eigenvalue weighted by molar-refractivity contribution is 9.10. The van der Waals surface area contributed by atoms with Crippen molar-refractivity contribution in [1.82, 2.24) is 4.98 Å². The first kappa shape index (κ1) is 18.0. The van der Waals surface area contributed by atoms with E-state index in [0.29, 0.717) is 0 Å². The molecule has 0 unspecified atom stereocenters. The van der Waals surface area contributed by atoms with Gasteiger partial charge in [-0.15, -0.1) is 0 Å². The van der Waals surface area contributed by atoms with Gasteiger partial charge < -0.3 is 10.1 Å². The highest BCUT2D eigenvalue weighted by Gasteiger charge is 2.44. The van der Waals surface area contributed by atoms with Crippen molar-refractivity contribution in [2.24, 2.45) is 0 Å². The maximum atomic E-state index is 13.2. The lowest BCUT2D eigenvalue weighted by Crippen LogP contribution is -2.17. The molecule has 0 fully saturated rings. The van der Waals surface area contributed by atoms with Gasteiger partial charge in [-0.1, -0.05) is 0 Å². The highest BCUT2D eigenvalue weighted by atomic mass is 79.9. The van der Waals surface area contributed by atoms with Crippen LogP contribution in [0.1, 0.15) is 11.1 Å². The van der Waals surface area contributed by atoms with E-state index in [1.807, 2.05) is 0 Å². The number of nitro groups is 1. The fraction of sp³-hybridized carbons (Fsp3) is 0.182. The number of rotatable bonds is 1. The molecule has 1 aromatic heterocycles. The summed E-state index contributed by atoms with van der Waals surface area (Å²) in [6.45, 7) is 0. The zero-order valence-electron chi connectivity index (χ0n) is 10.8. The summed E-state index contributed by atoms with van der Waals surface area (Å²) in [7, 11) is 0. The normalized spacial score (nSPS) is 12.6. The minimum Gasteiger partial charge on any atom is -0.501 e. The van der Waals surface area contributed by atoms with E-state index in [2.05, 4.69) is 15.9 Å². The molecule has 0 saturated heterocycles. The molecule has 0 bridgehead atoms. The summed E-state index contributed by atoms with van der Waals surface area (Å²) >= 11 is 2.18. The van der Waals surface area contributed by atoms with Crippen molar-refractivity contribution in [3.63, 3.8) is 0 Å². The Morgan fingerprint density at radius 3 is 2.12 bits per heavy atom. The molecule has 24 heavy (non-hydrogen) atoms. The van der Waals surface area contributed by atoms with Crippen LogP contribution in [0.4, 0.5) is 32.0 Å². The Labute approximate surface area is 135 Å². The number of hydrogen-bond acceptors (Lipinski definition) is 4. The summed E-state index contributed by atoms with van der Waals surface area (Å²) < 4.78 is 76.8. The number of H-pyrrole nitrogens is 1. The van der Waals surface area contributed by atoms with E-state index in [1.165, 1.54) is 0 Å². The van der Waals surface area contributed by atoms with Gasteiger partial charge >= 0.3 is 23.6 Å². The number of nitrogens with one attached hydrogen (secondary N) is 1. The van der Waals surface area contributed by atoms with Gasteiger partial charge in [-0.3, -0.25) is 14.9 Å². The van der Waals surface area contributed by atoms with Gasteiger partial charge in [0.15, 0.2) is 0 Å². The lowest BCUT2D eigenvalue weighted by molar-refractivity contribution is -0.387. The molecule has 0 aliphatic rings. The Bertz CT molecular complexity index is 918. The third kappa shape index (κ3) is 2.79. The molecule has 130 valence electrons. The lowest BCUT2D eigenvalue weighted by atomic mass is 10.0. The van der Waals surface area contributed by atoms with Crippen molar-refractivity contribution in [3.8, 4) is 5.75 Å². The number of benzene rings is 1. The van der Waals surface area contributed by atoms with Gasteiger partial charge in [0, 0.05) is 4.47 Å². The van der Waals surface area contributed by atoms with Crippen LogP contribution in [0.15, 0.2) is 15.3 Å². The predicted molar refractivity (Wildman–Crippen MR) is 70.6 cm³/mol. The Hall–Kier alpha value is -2.31. The Morgan fingerprint density at radius 2 is 1.71 bits per heavy atom. The van der Waals surface area contributed by atoms with Crippen molar-refractivity contribution in [2.45, 2.75) is 12.4 Å². The standard InChI is InChI=1S/C11H3BrF6N2O4/c12-6-2(10(13,14)15)1-3-4(5(6)11(16,17)18)8(21)7(20(23)24)9(22)19-3/h1H,(H2,19,21,22). The number of hydrogen-bond donors (Lipinski definition) is 2. The molecule has 0 amide bonds. The van der Waals surface area contributed by atoms with Crippen LogP contribution < -0.4 is 5.56 Å². The van der Waals surface area contributed by atoms with Gasteiger partial charge in [0.2, 0.25) is 5.75 Å². The number of aromatic nitrogens is 1.